The summed E-state index contributed by atoms with van der Waals surface area (Å²) in [7, 11) is 0. The highest BCUT2D eigenvalue weighted by atomic mass is 79.9. The molecule has 0 bridgehead atoms. The summed E-state index contributed by atoms with van der Waals surface area (Å²) in [4.78, 5) is 15.9. The second kappa shape index (κ2) is 5.64. The zero-order valence-corrected chi connectivity index (χ0v) is 12.2. The molecule has 0 saturated heterocycles. The highest BCUT2D eigenvalue weighted by Gasteiger charge is 2.09. The highest BCUT2D eigenvalue weighted by Crippen LogP contribution is 2.33. The lowest BCUT2D eigenvalue weighted by atomic mass is 10.2. The number of carbonyl (C=O) groups is 1. The van der Waals surface area contributed by atoms with E-state index in [0.717, 1.165) is 26.8 Å². The van der Waals surface area contributed by atoms with Gasteiger partial charge in [0.1, 0.15) is 0 Å². The molecule has 7 heteroatoms. The van der Waals surface area contributed by atoms with Gasteiger partial charge in [-0.15, -0.1) is 0 Å². The molecular weight excluding hydrogens is 316 g/mol. The molecule has 1 aromatic carbocycles. The zero-order chi connectivity index (χ0) is 13.1. The third-order valence-electron chi connectivity index (χ3n) is 2.33. The predicted molar refractivity (Wildman–Crippen MR) is 78.7 cm³/mol. The topological polar surface area (TPSA) is 80.0 Å². The van der Waals surface area contributed by atoms with Crippen LogP contribution in [0.5, 0.6) is 0 Å². The SMILES string of the molecule is CCCC(=O)Nc1cc(Br)c2nc(NN)sc2c1. The molecule has 0 spiro atoms. The Kier molecular flexibility index (Phi) is 4.15. The third kappa shape index (κ3) is 2.80. The van der Waals surface area contributed by atoms with Crippen molar-refractivity contribution in [2.75, 3.05) is 10.7 Å². The van der Waals surface area contributed by atoms with Crippen LogP contribution in [0.25, 0.3) is 10.2 Å². The maximum Gasteiger partial charge on any atom is 0.224 e. The Hall–Kier alpha value is -1.18. The molecular formula is C11H13BrN4OS. The van der Waals surface area contributed by atoms with Gasteiger partial charge in [0.25, 0.3) is 0 Å². The number of thiazole rings is 1. The monoisotopic (exact) mass is 328 g/mol. The quantitative estimate of drug-likeness (QED) is 0.595. The summed E-state index contributed by atoms with van der Waals surface area (Å²) in [5.41, 5.74) is 4.12. The van der Waals surface area contributed by atoms with Crippen LogP contribution in [0.1, 0.15) is 19.8 Å². The van der Waals surface area contributed by atoms with Gasteiger partial charge in [0.2, 0.25) is 5.91 Å². The molecule has 1 amide bonds. The lowest BCUT2D eigenvalue weighted by Crippen LogP contribution is -2.10. The summed E-state index contributed by atoms with van der Waals surface area (Å²) in [6.07, 6.45) is 1.35. The Morgan fingerprint density at radius 1 is 1.56 bits per heavy atom. The van der Waals surface area contributed by atoms with E-state index in [2.05, 4.69) is 31.7 Å². The number of nitrogen functional groups attached to an aromatic ring is 1. The van der Waals surface area contributed by atoms with Gasteiger partial charge in [-0.25, -0.2) is 10.8 Å². The average Bonchev–Trinajstić information content (AvgIpc) is 2.72. The van der Waals surface area contributed by atoms with Gasteiger partial charge in [-0.3, -0.25) is 10.2 Å². The van der Waals surface area contributed by atoms with Crippen LogP contribution >= 0.6 is 27.3 Å². The van der Waals surface area contributed by atoms with E-state index in [4.69, 9.17) is 5.84 Å². The number of rotatable bonds is 4. The summed E-state index contributed by atoms with van der Waals surface area (Å²) in [5.74, 6) is 5.35. The van der Waals surface area contributed by atoms with E-state index < -0.39 is 0 Å². The van der Waals surface area contributed by atoms with Gasteiger partial charge in [-0.05, 0) is 34.5 Å². The fourth-order valence-corrected chi connectivity index (χ4v) is 3.10. The number of hydrazine groups is 1. The van der Waals surface area contributed by atoms with Gasteiger partial charge in [-0.2, -0.15) is 0 Å². The first kappa shape index (κ1) is 13.3. The first-order chi connectivity index (χ1) is 8.63. The van der Waals surface area contributed by atoms with Crippen LogP contribution in [-0.4, -0.2) is 10.9 Å². The van der Waals surface area contributed by atoms with E-state index in [-0.39, 0.29) is 5.91 Å². The van der Waals surface area contributed by atoms with Crippen molar-refractivity contribution in [2.45, 2.75) is 19.8 Å². The van der Waals surface area contributed by atoms with Crippen LogP contribution in [0.15, 0.2) is 16.6 Å². The van der Waals surface area contributed by atoms with Crippen molar-refractivity contribution >= 4 is 54.2 Å². The number of aromatic nitrogens is 1. The Labute approximate surface area is 117 Å². The van der Waals surface area contributed by atoms with Crippen molar-refractivity contribution in [1.82, 2.24) is 4.98 Å². The van der Waals surface area contributed by atoms with Gasteiger partial charge >= 0.3 is 0 Å². The predicted octanol–water partition coefficient (Wildman–Crippen LogP) is 3.08. The lowest BCUT2D eigenvalue weighted by molar-refractivity contribution is -0.116. The van der Waals surface area contributed by atoms with Gasteiger partial charge in [0.15, 0.2) is 5.13 Å². The van der Waals surface area contributed by atoms with Crippen LogP contribution in [0.3, 0.4) is 0 Å². The van der Waals surface area contributed by atoms with Crippen molar-refractivity contribution in [2.24, 2.45) is 5.84 Å². The smallest absolute Gasteiger partial charge is 0.224 e. The molecule has 0 aliphatic heterocycles. The van der Waals surface area contributed by atoms with E-state index >= 15 is 0 Å². The average molecular weight is 329 g/mol. The zero-order valence-electron chi connectivity index (χ0n) is 9.79. The van der Waals surface area contributed by atoms with E-state index in [1.54, 1.807) is 0 Å². The molecule has 0 fully saturated rings. The normalized spacial score (nSPS) is 10.6. The summed E-state index contributed by atoms with van der Waals surface area (Å²) < 4.78 is 1.80. The van der Waals surface area contributed by atoms with E-state index in [0.29, 0.717) is 11.6 Å². The van der Waals surface area contributed by atoms with Crippen molar-refractivity contribution in [3.05, 3.63) is 16.6 Å². The van der Waals surface area contributed by atoms with Crippen LogP contribution in [-0.2, 0) is 4.79 Å². The summed E-state index contributed by atoms with van der Waals surface area (Å²) in [6.45, 7) is 1.97. The number of hydrogen-bond donors (Lipinski definition) is 3. The molecule has 0 unspecified atom stereocenters. The van der Waals surface area contributed by atoms with Crippen LogP contribution in [0.4, 0.5) is 10.8 Å². The summed E-state index contributed by atoms with van der Waals surface area (Å²) in [6, 6.07) is 3.74. The van der Waals surface area contributed by atoms with Crippen molar-refractivity contribution in [3.63, 3.8) is 0 Å². The van der Waals surface area contributed by atoms with Crippen molar-refractivity contribution in [1.29, 1.82) is 0 Å². The maximum absolute atomic E-state index is 11.6. The highest BCUT2D eigenvalue weighted by molar-refractivity contribution is 9.10. The molecule has 0 aliphatic carbocycles. The van der Waals surface area contributed by atoms with E-state index in [1.807, 2.05) is 19.1 Å². The molecule has 2 rings (SSSR count). The number of benzene rings is 1. The number of nitrogens with two attached hydrogens (primary N) is 1. The first-order valence-corrected chi connectivity index (χ1v) is 7.11. The molecule has 0 saturated carbocycles. The molecule has 1 aromatic heterocycles. The largest absolute Gasteiger partial charge is 0.326 e. The maximum atomic E-state index is 11.6. The number of nitrogens with one attached hydrogen (secondary N) is 2. The number of carbonyl (C=O) groups excluding carboxylic acids is 1. The second-order valence-electron chi connectivity index (χ2n) is 3.77. The molecule has 0 aliphatic rings. The number of hydrogen-bond acceptors (Lipinski definition) is 5. The van der Waals surface area contributed by atoms with Crippen LogP contribution in [0, 0.1) is 0 Å². The van der Waals surface area contributed by atoms with Gasteiger partial charge in [0.05, 0.1) is 10.2 Å². The Bertz CT molecular complexity index is 584. The fraction of sp³-hybridized carbons (Fsp3) is 0.273. The van der Waals surface area contributed by atoms with Crippen LogP contribution in [0.2, 0.25) is 0 Å². The van der Waals surface area contributed by atoms with Crippen LogP contribution < -0.4 is 16.6 Å². The number of anilines is 2. The van der Waals surface area contributed by atoms with E-state index in [9.17, 15) is 4.79 Å². The summed E-state index contributed by atoms with van der Waals surface area (Å²) in [5, 5.41) is 3.50. The molecule has 0 radical (unpaired) electrons. The number of halogens is 1. The molecule has 5 nitrogen and oxygen atoms in total. The minimum absolute atomic E-state index is 0.0189. The molecule has 18 heavy (non-hydrogen) atoms. The Morgan fingerprint density at radius 2 is 2.33 bits per heavy atom. The van der Waals surface area contributed by atoms with Gasteiger partial charge in [0, 0.05) is 16.6 Å². The minimum atomic E-state index is 0.0189. The molecule has 4 N–H and O–H groups in total. The number of fused-ring (bicyclic) bond motifs is 1. The fourth-order valence-electron chi connectivity index (χ4n) is 1.57. The standard InChI is InChI=1S/C11H13BrN4OS/c1-2-3-9(17)14-6-4-7(12)10-8(5-6)18-11(15-10)16-13/h4-5H,2-3,13H2,1H3,(H,14,17)(H,15,16). The Balaban J connectivity index is 2.33. The molecule has 96 valence electrons. The Morgan fingerprint density at radius 3 is 3.00 bits per heavy atom. The number of amides is 1. The van der Waals surface area contributed by atoms with E-state index in [1.165, 1.54) is 11.3 Å². The molecule has 0 atom stereocenters. The summed E-state index contributed by atoms with van der Waals surface area (Å²) >= 11 is 4.88. The van der Waals surface area contributed by atoms with Crippen molar-refractivity contribution < 1.29 is 4.79 Å². The molecule has 1 heterocycles. The third-order valence-corrected chi connectivity index (χ3v) is 3.87. The molecule has 2 aromatic rings. The van der Waals surface area contributed by atoms with Crippen molar-refractivity contribution in [3.8, 4) is 0 Å². The van der Waals surface area contributed by atoms with Gasteiger partial charge < -0.3 is 5.32 Å². The first-order valence-electron chi connectivity index (χ1n) is 5.50. The second-order valence-corrected chi connectivity index (χ2v) is 5.65. The lowest BCUT2D eigenvalue weighted by Gasteiger charge is -2.05. The number of nitrogens with zero attached hydrogens (tertiary/aromatic N) is 1. The minimum Gasteiger partial charge on any atom is -0.326 e. The van der Waals surface area contributed by atoms with Gasteiger partial charge in [-0.1, -0.05) is 18.3 Å².